The van der Waals surface area contributed by atoms with E-state index in [1.165, 1.54) is 6.07 Å². The zero-order valence-electron chi connectivity index (χ0n) is 14.2. The molecule has 1 aromatic heterocycles. The molecule has 0 unspecified atom stereocenters. The number of nitrogens with zero attached hydrogens (tertiary/aromatic N) is 1. The molecule has 0 aliphatic heterocycles. The Bertz CT molecular complexity index is 927. The van der Waals surface area contributed by atoms with Crippen LogP contribution >= 0.6 is 12.2 Å². The second-order valence-electron chi connectivity index (χ2n) is 5.49. The Morgan fingerprint density at radius 1 is 1.15 bits per heavy atom. The molecule has 0 saturated carbocycles. The average Bonchev–Trinajstić information content (AvgIpc) is 3.20. The predicted octanol–water partition coefficient (Wildman–Crippen LogP) is 2.80. The molecule has 3 N–H and O–H groups in total. The third-order valence-corrected chi connectivity index (χ3v) is 4.00. The first kappa shape index (κ1) is 18.6. The predicted molar refractivity (Wildman–Crippen MR) is 103 cm³/mol. The van der Waals surface area contributed by atoms with Crippen molar-refractivity contribution in [3.63, 3.8) is 0 Å². The molecule has 0 aliphatic rings. The third kappa shape index (κ3) is 4.69. The molecule has 0 aliphatic carbocycles. The van der Waals surface area contributed by atoms with Crippen molar-refractivity contribution >= 4 is 23.1 Å². The van der Waals surface area contributed by atoms with E-state index in [1.54, 1.807) is 11.5 Å². The van der Waals surface area contributed by atoms with Gasteiger partial charge in [0.05, 0.1) is 12.6 Å². The molecule has 3 rings (SSSR count). The van der Waals surface area contributed by atoms with Crippen LogP contribution in [0.5, 0.6) is 5.88 Å². The van der Waals surface area contributed by atoms with Gasteiger partial charge in [0.2, 0.25) is 0 Å². The van der Waals surface area contributed by atoms with Gasteiger partial charge in [-0.2, -0.15) is 0 Å². The van der Waals surface area contributed by atoms with Crippen molar-refractivity contribution in [2.45, 2.75) is 0 Å². The van der Waals surface area contributed by atoms with Crippen molar-refractivity contribution in [2.75, 3.05) is 13.2 Å². The Labute approximate surface area is 160 Å². The second kappa shape index (κ2) is 8.93. The lowest BCUT2D eigenvalue weighted by molar-refractivity contribution is 0.0947. The van der Waals surface area contributed by atoms with Gasteiger partial charge in [-0.3, -0.25) is 15.5 Å². The monoisotopic (exact) mass is 383 g/mol. The maximum atomic E-state index is 12.5. The fourth-order valence-corrected chi connectivity index (χ4v) is 2.55. The number of ether oxygens (including phenoxy) is 1. The van der Waals surface area contributed by atoms with Crippen molar-refractivity contribution in [1.29, 1.82) is 0 Å². The van der Waals surface area contributed by atoms with Crippen molar-refractivity contribution in [3.05, 3.63) is 72.0 Å². The SMILES string of the molecule is O=C(NCCOc1cc(C(=S)NO)on1)c1ccccc1-c1ccccc1. The Hall–Kier alpha value is -3.23. The summed E-state index contributed by atoms with van der Waals surface area (Å²) in [6, 6.07) is 18.6. The van der Waals surface area contributed by atoms with E-state index in [9.17, 15) is 4.79 Å². The third-order valence-electron chi connectivity index (χ3n) is 3.71. The van der Waals surface area contributed by atoms with Crippen LogP contribution < -0.4 is 15.5 Å². The standard InChI is InChI=1S/C19H17N3O4S/c23-18(15-9-5-4-8-14(15)13-6-2-1-3-7-13)20-10-11-25-17-12-16(26-22-17)19(27)21-24/h1-9,12,24H,10-11H2,(H,20,23)(H,21,27). The van der Waals surface area contributed by atoms with Crippen molar-refractivity contribution < 1.29 is 19.3 Å². The van der Waals surface area contributed by atoms with E-state index in [2.05, 4.69) is 10.5 Å². The smallest absolute Gasteiger partial charge is 0.254 e. The molecule has 0 radical (unpaired) electrons. The fourth-order valence-electron chi connectivity index (χ4n) is 2.46. The number of benzene rings is 2. The van der Waals surface area contributed by atoms with Crippen LogP contribution in [0.2, 0.25) is 0 Å². The first-order valence-corrected chi connectivity index (χ1v) is 8.56. The van der Waals surface area contributed by atoms with Crippen LogP contribution in [0.4, 0.5) is 0 Å². The van der Waals surface area contributed by atoms with Crippen LogP contribution in [0.15, 0.2) is 65.2 Å². The molecule has 7 nitrogen and oxygen atoms in total. The summed E-state index contributed by atoms with van der Waals surface area (Å²) in [5.41, 5.74) is 4.23. The first-order valence-electron chi connectivity index (χ1n) is 8.15. The van der Waals surface area contributed by atoms with Crippen LogP contribution in [0.25, 0.3) is 11.1 Å². The molecule has 138 valence electrons. The molecule has 0 atom stereocenters. The van der Waals surface area contributed by atoms with E-state index >= 15 is 0 Å². The molecular weight excluding hydrogens is 366 g/mol. The summed E-state index contributed by atoms with van der Waals surface area (Å²) in [4.78, 5) is 12.5. The van der Waals surface area contributed by atoms with Crippen molar-refractivity contribution in [1.82, 2.24) is 16.0 Å². The maximum absolute atomic E-state index is 12.5. The summed E-state index contributed by atoms with van der Waals surface area (Å²) in [6.45, 7) is 0.484. The van der Waals surface area contributed by atoms with E-state index < -0.39 is 0 Å². The largest absolute Gasteiger partial charge is 0.474 e. The number of nitrogens with one attached hydrogen (secondary N) is 2. The molecule has 3 aromatic rings. The molecule has 1 heterocycles. The molecule has 2 aromatic carbocycles. The summed E-state index contributed by atoms with van der Waals surface area (Å²) >= 11 is 4.80. The normalized spacial score (nSPS) is 10.3. The second-order valence-corrected chi connectivity index (χ2v) is 5.89. The minimum atomic E-state index is -0.190. The number of rotatable bonds is 7. The number of carbonyl (C=O) groups excluding carboxylic acids is 1. The van der Waals surface area contributed by atoms with Gasteiger partial charge in [0, 0.05) is 5.56 Å². The van der Waals surface area contributed by atoms with Crippen LogP contribution in [-0.4, -0.2) is 34.4 Å². The number of thiocarbonyl (C=S) groups is 1. The Balaban J connectivity index is 1.56. The van der Waals surface area contributed by atoms with Crippen LogP contribution in [0.3, 0.4) is 0 Å². The van der Waals surface area contributed by atoms with E-state index in [1.807, 2.05) is 48.5 Å². The van der Waals surface area contributed by atoms with Gasteiger partial charge in [0.25, 0.3) is 11.8 Å². The first-order chi connectivity index (χ1) is 13.2. The summed E-state index contributed by atoms with van der Waals surface area (Å²) in [7, 11) is 0. The Morgan fingerprint density at radius 3 is 2.67 bits per heavy atom. The van der Waals surface area contributed by atoms with Gasteiger partial charge in [0.15, 0.2) is 10.7 Å². The van der Waals surface area contributed by atoms with E-state index in [4.69, 9.17) is 26.7 Å². The fraction of sp³-hybridized carbons (Fsp3) is 0.105. The van der Waals surface area contributed by atoms with Gasteiger partial charge in [0.1, 0.15) is 6.61 Å². The van der Waals surface area contributed by atoms with Gasteiger partial charge in [-0.05, 0) is 22.3 Å². The highest BCUT2D eigenvalue weighted by atomic mass is 32.1. The molecule has 0 bridgehead atoms. The number of hydrogen-bond donors (Lipinski definition) is 3. The van der Waals surface area contributed by atoms with Crippen molar-refractivity contribution in [3.8, 4) is 17.0 Å². The molecule has 8 heteroatoms. The zero-order valence-corrected chi connectivity index (χ0v) is 15.0. The highest BCUT2D eigenvalue weighted by molar-refractivity contribution is 7.80. The quantitative estimate of drug-likeness (QED) is 0.328. The molecule has 0 fully saturated rings. The maximum Gasteiger partial charge on any atom is 0.254 e. The minimum Gasteiger partial charge on any atom is -0.474 e. The van der Waals surface area contributed by atoms with Crippen molar-refractivity contribution in [2.24, 2.45) is 0 Å². The summed E-state index contributed by atoms with van der Waals surface area (Å²) < 4.78 is 10.3. The average molecular weight is 383 g/mol. The lowest BCUT2D eigenvalue weighted by Crippen LogP contribution is -2.28. The van der Waals surface area contributed by atoms with E-state index in [-0.39, 0.29) is 35.7 Å². The van der Waals surface area contributed by atoms with E-state index in [0.717, 1.165) is 11.1 Å². The molecular formula is C19H17N3O4S. The van der Waals surface area contributed by atoms with Crippen LogP contribution in [-0.2, 0) is 0 Å². The molecule has 1 amide bonds. The zero-order chi connectivity index (χ0) is 19.1. The highest BCUT2D eigenvalue weighted by Crippen LogP contribution is 2.23. The number of hydroxylamine groups is 1. The number of carbonyl (C=O) groups is 1. The number of amides is 1. The van der Waals surface area contributed by atoms with E-state index in [0.29, 0.717) is 5.56 Å². The summed E-state index contributed by atoms with van der Waals surface area (Å²) in [6.07, 6.45) is 0. The lowest BCUT2D eigenvalue weighted by Gasteiger charge is -2.10. The lowest BCUT2D eigenvalue weighted by atomic mass is 9.99. The Kier molecular flexibility index (Phi) is 6.14. The number of hydrogen-bond acceptors (Lipinski definition) is 6. The minimum absolute atomic E-state index is 0.00294. The number of aromatic nitrogens is 1. The van der Waals surface area contributed by atoms with Gasteiger partial charge in [-0.25, -0.2) is 0 Å². The molecule has 27 heavy (non-hydrogen) atoms. The van der Waals surface area contributed by atoms with Crippen LogP contribution in [0, 0.1) is 0 Å². The van der Waals surface area contributed by atoms with Gasteiger partial charge < -0.3 is 14.6 Å². The van der Waals surface area contributed by atoms with Gasteiger partial charge >= 0.3 is 0 Å². The summed E-state index contributed by atoms with van der Waals surface area (Å²) in [5, 5.41) is 15.2. The topological polar surface area (TPSA) is 96.6 Å². The molecule has 0 spiro atoms. The molecule has 0 saturated heterocycles. The van der Waals surface area contributed by atoms with Crippen LogP contribution in [0.1, 0.15) is 16.1 Å². The summed E-state index contributed by atoms with van der Waals surface area (Å²) in [5.74, 6) is 0.203. The Morgan fingerprint density at radius 2 is 1.89 bits per heavy atom. The highest BCUT2D eigenvalue weighted by Gasteiger charge is 2.12. The van der Waals surface area contributed by atoms with Gasteiger partial charge in [-0.1, -0.05) is 60.7 Å². The van der Waals surface area contributed by atoms with Gasteiger partial charge in [-0.15, -0.1) is 0 Å².